The lowest BCUT2D eigenvalue weighted by atomic mass is 10.1. The van der Waals surface area contributed by atoms with Gasteiger partial charge >= 0.3 is 6.09 Å². The maximum absolute atomic E-state index is 13.3. The van der Waals surface area contributed by atoms with Gasteiger partial charge in [-0.15, -0.1) is 11.3 Å². The van der Waals surface area contributed by atoms with Crippen LogP contribution in [0.5, 0.6) is 0 Å². The molecule has 2 amide bonds. The number of nitrogens with one attached hydrogen (secondary N) is 1. The van der Waals surface area contributed by atoms with Crippen molar-refractivity contribution >= 4 is 23.3 Å². The van der Waals surface area contributed by atoms with Gasteiger partial charge in [0.2, 0.25) is 0 Å². The summed E-state index contributed by atoms with van der Waals surface area (Å²) in [6, 6.07) is 19.3. The van der Waals surface area contributed by atoms with Gasteiger partial charge in [0.05, 0.1) is 9.88 Å². The van der Waals surface area contributed by atoms with Crippen LogP contribution in [0.4, 0.5) is 4.79 Å². The van der Waals surface area contributed by atoms with Gasteiger partial charge in [0.25, 0.3) is 5.91 Å². The zero-order valence-corrected chi connectivity index (χ0v) is 18.2. The summed E-state index contributed by atoms with van der Waals surface area (Å²) < 4.78 is 5.28. The Balaban J connectivity index is 1.38. The molecule has 1 fully saturated rings. The number of thiazole rings is 1. The van der Waals surface area contributed by atoms with Crippen molar-refractivity contribution in [1.82, 2.24) is 15.2 Å². The predicted octanol–water partition coefficient (Wildman–Crippen LogP) is 4.65. The van der Waals surface area contributed by atoms with E-state index in [9.17, 15) is 9.59 Å². The van der Waals surface area contributed by atoms with E-state index in [0.717, 1.165) is 33.9 Å². The van der Waals surface area contributed by atoms with E-state index in [2.05, 4.69) is 10.3 Å². The van der Waals surface area contributed by atoms with E-state index in [4.69, 9.17) is 4.74 Å². The SMILES string of the molecule is Cc1nc(C(=O)N2CCCC2CNC(=O)OCc2ccccc2)c(-c2ccccc2)s1. The molecule has 1 atom stereocenters. The van der Waals surface area contributed by atoms with Crippen LogP contribution in [-0.2, 0) is 11.3 Å². The van der Waals surface area contributed by atoms with Gasteiger partial charge in [0, 0.05) is 19.1 Å². The number of nitrogens with zero attached hydrogens (tertiary/aromatic N) is 2. The average molecular weight is 436 g/mol. The predicted molar refractivity (Wildman–Crippen MR) is 121 cm³/mol. The Labute approximate surface area is 185 Å². The van der Waals surface area contributed by atoms with Crippen molar-refractivity contribution in [2.45, 2.75) is 32.4 Å². The number of ether oxygens (including phenoxy) is 1. The minimum atomic E-state index is -0.474. The van der Waals surface area contributed by atoms with Crippen LogP contribution in [0.1, 0.15) is 33.9 Å². The molecule has 7 heteroatoms. The molecular weight excluding hydrogens is 410 g/mol. The number of benzene rings is 2. The molecule has 4 rings (SSSR count). The van der Waals surface area contributed by atoms with Gasteiger partial charge in [-0.2, -0.15) is 0 Å². The molecule has 6 nitrogen and oxygen atoms in total. The molecule has 0 spiro atoms. The molecule has 1 saturated heterocycles. The summed E-state index contributed by atoms with van der Waals surface area (Å²) in [5, 5.41) is 3.67. The lowest BCUT2D eigenvalue weighted by molar-refractivity contribution is 0.0725. The van der Waals surface area contributed by atoms with Crippen LogP contribution >= 0.6 is 11.3 Å². The molecule has 1 unspecified atom stereocenters. The number of carbonyl (C=O) groups is 2. The number of carbonyl (C=O) groups excluding carboxylic acids is 2. The highest BCUT2D eigenvalue weighted by Gasteiger charge is 2.32. The molecule has 1 aromatic heterocycles. The van der Waals surface area contributed by atoms with Crippen LogP contribution in [-0.4, -0.2) is 41.0 Å². The normalized spacial score (nSPS) is 15.6. The van der Waals surface area contributed by atoms with Crippen LogP contribution in [0.3, 0.4) is 0 Å². The largest absolute Gasteiger partial charge is 0.445 e. The second-order valence-corrected chi connectivity index (χ2v) is 8.72. The van der Waals surface area contributed by atoms with Crippen molar-refractivity contribution in [3.8, 4) is 10.4 Å². The topological polar surface area (TPSA) is 71.5 Å². The molecule has 160 valence electrons. The molecule has 1 aliphatic rings. The van der Waals surface area contributed by atoms with E-state index in [1.54, 1.807) is 0 Å². The van der Waals surface area contributed by atoms with Gasteiger partial charge in [-0.05, 0) is 30.9 Å². The molecule has 2 aromatic carbocycles. The number of amides is 2. The Kier molecular flexibility index (Phi) is 6.62. The Hall–Kier alpha value is -3.19. The monoisotopic (exact) mass is 435 g/mol. The first-order chi connectivity index (χ1) is 15.1. The van der Waals surface area contributed by atoms with Crippen molar-refractivity contribution < 1.29 is 14.3 Å². The van der Waals surface area contributed by atoms with Crippen LogP contribution in [0.25, 0.3) is 10.4 Å². The first-order valence-corrected chi connectivity index (χ1v) is 11.2. The molecule has 1 aliphatic heterocycles. The summed E-state index contributed by atoms with van der Waals surface area (Å²) in [4.78, 5) is 32.7. The van der Waals surface area contributed by atoms with E-state index >= 15 is 0 Å². The minimum absolute atomic E-state index is 0.0672. The second-order valence-electron chi connectivity index (χ2n) is 7.51. The standard InChI is InChI=1S/C24H25N3O3S/c1-17-26-21(22(31-17)19-11-6-3-7-12-19)23(28)27-14-8-13-20(27)15-25-24(29)30-16-18-9-4-2-5-10-18/h2-7,9-12,20H,8,13-16H2,1H3,(H,25,29). The van der Waals surface area contributed by atoms with E-state index < -0.39 is 6.09 Å². The molecule has 0 saturated carbocycles. The van der Waals surface area contributed by atoms with Gasteiger partial charge in [-0.1, -0.05) is 60.7 Å². The van der Waals surface area contributed by atoms with Crippen LogP contribution < -0.4 is 5.32 Å². The van der Waals surface area contributed by atoms with E-state index in [-0.39, 0.29) is 18.6 Å². The highest BCUT2D eigenvalue weighted by atomic mass is 32.1. The van der Waals surface area contributed by atoms with Gasteiger partial charge in [-0.25, -0.2) is 9.78 Å². The van der Waals surface area contributed by atoms with Gasteiger partial charge in [0.15, 0.2) is 0 Å². The zero-order chi connectivity index (χ0) is 21.6. The maximum atomic E-state index is 13.3. The lowest BCUT2D eigenvalue weighted by Gasteiger charge is -2.24. The maximum Gasteiger partial charge on any atom is 0.407 e. The fourth-order valence-corrected chi connectivity index (χ4v) is 4.70. The third-order valence-electron chi connectivity index (χ3n) is 5.31. The summed E-state index contributed by atoms with van der Waals surface area (Å²) in [5.41, 5.74) is 2.42. The van der Waals surface area contributed by atoms with Crippen LogP contribution in [0.2, 0.25) is 0 Å². The summed E-state index contributed by atoms with van der Waals surface area (Å²) >= 11 is 1.53. The molecule has 31 heavy (non-hydrogen) atoms. The quantitative estimate of drug-likeness (QED) is 0.612. The summed E-state index contributed by atoms with van der Waals surface area (Å²) in [6.07, 6.45) is 1.27. The Morgan fingerprint density at radius 1 is 1.13 bits per heavy atom. The highest BCUT2D eigenvalue weighted by molar-refractivity contribution is 7.15. The van der Waals surface area contributed by atoms with Gasteiger partial charge in [-0.3, -0.25) is 4.79 Å². The van der Waals surface area contributed by atoms with E-state index in [1.165, 1.54) is 11.3 Å². The number of rotatable bonds is 6. The fourth-order valence-electron chi connectivity index (χ4n) is 3.78. The lowest BCUT2D eigenvalue weighted by Crippen LogP contribution is -2.43. The van der Waals surface area contributed by atoms with Crippen molar-refractivity contribution in [3.63, 3.8) is 0 Å². The second kappa shape index (κ2) is 9.75. The van der Waals surface area contributed by atoms with Crippen molar-refractivity contribution in [3.05, 3.63) is 76.9 Å². The third-order valence-corrected chi connectivity index (χ3v) is 6.33. The third kappa shape index (κ3) is 5.11. The number of aromatic nitrogens is 1. The minimum Gasteiger partial charge on any atom is -0.445 e. The number of likely N-dealkylation sites (tertiary alicyclic amines) is 1. The fraction of sp³-hybridized carbons (Fsp3) is 0.292. The first-order valence-electron chi connectivity index (χ1n) is 10.4. The first kappa shape index (κ1) is 21.1. The summed E-state index contributed by atoms with van der Waals surface area (Å²) in [5.74, 6) is -0.0786. The van der Waals surface area contributed by atoms with Crippen LogP contribution in [0, 0.1) is 6.92 Å². The number of hydrogen-bond donors (Lipinski definition) is 1. The average Bonchev–Trinajstić information content (AvgIpc) is 3.43. The van der Waals surface area contributed by atoms with E-state index in [0.29, 0.717) is 18.8 Å². The zero-order valence-electron chi connectivity index (χ0n) is 17.4. The van der Waals surface area contributed by atoms with Crippen LogP contribution in [0.15, 0.2) is 60.7 Å². The Morgan fingerprint density at radius 3 is 2.58 bits per heavy atom. The molecule has 0 bridgehead atoms. The highest BCUT2D eigenvalue weighted by Crippen LogP contribution is 2.32. The van der Waals surface area contributed by atoms with Crippen molar-refractivity contribution in [1.29, 1.82) is 0 Å². The number of aryl methyl sites for hydroxylation is 1. The number of hydrogen-bond acceptors (Lipinski definition) is 5. The van der Waals surface area contributed by atoms with Crippen molar-refractivity contribution in [2.24, 2.45) is 0 Å². The van der Waals surface area contributed by atoms with Gasteiger partial charge < -0.3 is 15.0 Å². The molecule has 2 heterocycles. The van der Waals surface area contributed by atoms with E-state index in [1.807, 2.05) is 72.5 Å². The Morgan fingerprint density at radius 2 is 1.84 bits per heavy atom. The Bertz CT molecular complexity index is 1040. The van der Waals surface area contributed by atoms with Gasteiger partial charge in [0.1, 0.15) is 12.3 Å². The number of alkyl carbamates (subject to hydrolysis) is 1. The molecule has 0 radical (unpaired) electrons. The summed E-state index contributed by atoms with van der Waals surface area (Å²) in [7, 11) is 0. The smallest absolute Gasteiger partial charge is 0.407 e. The van der Waals surface area contributed by atoms with Crippen molar-refractivity contribution in [2.75, 3.05) is 13.1 Å². The molecule has 3 aromatic rings. The summed E-state index contributed by atoms with van der Waals surface area (Å²) in [6.45, 7) is 3.16. The molecular formula is C24H25N3O3S. The molecule has 1 N–H and O–H groups in total. The molecule has 0 aliphatic carbocycles.